The Hall–Kier alpha value is -3.01. The molecule has 6 rings (SSSR count). The molecule has 8 nitrogen and oxygen atoms in total. The molecule has 0 unspecified atom stereocenters. The van der Waals surface area contributed by atoms with Gasteiger partial charge in [0.15, 0.2) is 0 Å². The molecule has 4 heterocycles. The maximum Gasteiger partial charge on any atom is 0.145 e. The molecule has 2 aliphatic rings. The summed E-state index contributed by atoms with van der Waals surface area (Å²) in [6, 6.07) is 10.4. The van der Waals surface area contributed by atoms with E-state index in [4.69, 9.17) is 14.2 Å². The lowest BCUT2D eigenvalue weighted by molar-refractivity contribution is -0.0773. The lowest BCUT2D eigenvalue weighted by Crippen LogP contribution is -2.39. The molecule has 34 heavy (non-hydrogen) atoms. The number of rotatable bonds is 7. The molecule has 1 N–H and O–H groups in total. The maximum atomic E-state index is 6.56. The standard InChI is InChI=1S/C25H27N5O3S/c1-15(16-11-32-12-16)33-22-9-18(30-6-5-19(10-30)31-2)8-21-24(22)25(27-13-26-21)29-17-3-4-20-23(7-17)34-14-28-20/h3-4,7-9,13-16,19H,5-6,10-12H2,1-2H3,(H,26,27,29)/t15-,19-/m1/s1. The smallest absolute Gasteiger partial charge is 0.145 e. The fraction of sp³-hybridized carbons (Fsp3) is 0.400. The average molecular weight is 478 g/mol. The van der Waals surface area contributed by atoms with Crippen molar-refractivity contribution in [2.75, 3.05) is 43.6 Å². The van der Waals surface area contributed by atoms with Crippen molar-refractivity contribution in [1.82, 2.24) is 15.0 Å². The zero-order chi connectivity index (χ0) is 23.1. The van der Waals surface area contributed by atoms with E-state index in [9.17, 15) is 0 Å². The highest BCUT2D eigenvalue weighted by molar-refractivity contribution is 7.16. The number of aromatic nitrogens is 3. The summed E-state index contributed by atoms with van der Waals surface area (Å²) in [6.07, 6.45) is 2.89. The lowest BCUT2D eigenvalue weighted by Gasteiger charge is -2.32. The summed E-state index contributed by atoms with van der Waals surface area (Å²) < 4.78 is 18.7. The van der Waals surface area contributed by atoms with Crippen molar-refractivity contribution in [2.45, 2.75) is 25.6 Å². The van der Waals surface area contributed by atoms with E-state index in [0.717, 1.165) is 76.8 Å². The van der Waals surface area contributed by atoms with Gasteiger partial charge in [-0.15, -0.1) is 11.3 Å². The summed E-state index contributed by atoms with van der Waals surface area (Å²) in [6.45, 7) is 5.38. The number of nitrogens with zero attached hydrogens (tertiary/aromatic N) is 4. The zero-order valence-electron chi connectivity index (χ0n) is 19.2. The Kier molecular flexibility index (Phi) is 5.68. The molecule has 2 aliphatic heterocycles. The zero-order valence-corrected chi connectivity index (χ0v) is 20.0. The van der Waals surface area contributed by atoms with Gasteiger partial charge in [0.05, 0.1) is 45.9 Å². The number of methoxy groups -OCH3 is 1. The van der Waals surface area contributed by atoms with E-state index in [2.05, 4.69) is 50.3 Å². The minimum Gasteiger partial charge on any atom is -0.489 e. The van der Waals surface area contributed by atoms with Crippen LogP contribution in [-0.4, -0.2) is 60.6 Å². The molecule has 0 bridgehead atoms. The number of anilines is 3. The molecular weight excluding hydrogens is 450 g/mol. The Bertz CT molecular complexity index is 1320. The van der Waals surface area contributed by atoms with E-state index >= 15 is 0 Å². The third-order valence-electron chi connectivity index (χ3n) is 6.76. The summed E-state index contributed by atoms with van der Waals surface area (Å²) in [5.41, 5.74) is 5.75. The molecule has 4 aromatic rings. The van der Waals surface area contributed by atoms with Crippen LogP contribution < -0.4 is 15.0 Å². The van der Waals surface area contributed by atoms with E-state index < -0.39 is 0 Å². The predicted octanol–water partition coefficient (Wildman–Crippen LogP) is 4.62. The summed E-state index contributed by atoms with van der Waals surface area (Å²) in [5.74, 6) is 1.90. The second-order valence-corrected chi connectivity index (χ2v) is 9.82. The molecule has 0 amide bonds. The van der Waals surface area contributed by atoms with Crippen LogP contribution >= 0.6 is 11.3 Å². The third kappa shape index (κ3) is 4.04. The van der Waals surface area contributed by atoms with Gasteiger partial charge in [-0.25, -0.2) is 15.0 Å². The van der Waals surface area contributed by atoms with Crippen LogP contribution in [-0.2, 0) is 9.47 Å². The first-order valence-electron chi connectivity index (χ1n) is 11.6. The SMILES string of the molecule is CO[C@@H]1CCN(c2cc(O[C@H](C)C3COC3)c3c(Nc4ccc5ncsc5c4)ncnc3c2)C1. The van der Waals surface area contributed by atoms with Crippen LogP contribution in [0.1, 0.15) is 13.3 Å². The Morgan fingerprint density at radius 1 is 1.15 bits per heavy atom. The summed E-state index contributed by atoms with van der Waals surface area (Å²) in [4.78, 5) is 15.9. The van der Waals surface area contributed by atoms with Crippen LogP contribution in [0.3, 0.4) is 0 Å². The Morgan fingerprint density at radius 3 is 2.85 bits per heavy atom. The van der Waals surface area contributed by atoms with Gasteiger partial charge in [0.2, 0.25) is 0 Å². The van der Waals surface area contributed by atoms with Gasteiger partial charge < -0.3 is 24.4 Å². The second kappa shape index (κ2) is 8.98. The van der Waals surface area contributed by atoms with Crippen LogP contribution in [0.5, 0.6) is 5.75 Å². The van der Waals surface area contributed by atoms with E-state index in [1.165, 1.54) is 0 Å². The van der Waals surface area contributed by atoms with Crippen molar-refractivity contribution < 1.29 is 14.2 Å². The Morgan fingerprint density at radius 2 is 2.06 bits per heavy atom. The normalized spacial score (nSPS) is 19.5. The molecule has 2 saturated heterocycles. The summed E-state index contributed by atoms with van der Waals surface area (Å²) in [7, 11) is 1.78. The van der Waals surface area contributed by atoms with Crippen molar-refractivity contribution in [3.63, 3.8) is 0 Å². The van der Waals surface area contributed by atoms with E-state index in [1.54, 1.807) is 24.8 Å². The minimum absolute atomic E-state index is 0.0269. The molecule has 0 saturated carbocycles. The third-order valence-corrected chi connectivity index (χ3v) is 7.56. The molecule has 2 atom stereocenters. The predicted molar refractivity (Wildman–Crippen MR) is 134 cm³/mol. The van der Waals surface area contributed by atoms with Crippen molar-refractivity contribution in [3.8, 4) is 5.75 Å². The molecular formula is C25H27N5O3S. The molecule has 176 valence electrons. The van der Waals surface area contributed by atoms with Crippen LogP contribution in [0.25, 0.3) is 21.1 Å². The van der Waals surface area contributed by atoms with Crippen LogP contribution in [0.2, 0.25) is 0 Å². The first-order chi connectivity index (χ1) is 16.7. The van der Waals surface area contributed by atoms with Crippen molar-refractivity contribution in [3.05, 3.63) is 42.2 Å². The van der Waals surface area contributed by atoms with E-state index in [1.807, 2.05) is 17.6 Å². The van der Waals surface area contributed by atoms with Gasteiger partial charge in [0, 0.05) is 43.6 Å². The number of ether oxygens (including phenoxy) is 3. The Labute approximate surface area is 201 Å². The highest BCUT2D eigenvalue weighted by Crippen LogP contribution is 2.38. The number of hydrogen-bond donors (Lipinski definition) is 1. The number of fused-ring (bicyclic) bond motifs is 2. The van der Waals surface area contributed by atoms with Gasteiger partial charge in [-0.1, -0.05) is 0 Å². The Balaban J connectivity index is 1.40. The summed E-state index contributed by atoms with van der Waals surface area (Å²) in [5, 5.41) is 4.37. The minimum atomic E-state index is 0.0269. The molecule has 2 fully saturated rings. The van der Waals surface area contributed by atoms with Gasteiger partial charge in [-0.3, -0.25) is 0 Å². The number of thiazole rings is 1. The van der Waals surface area contributed by atoms with Crippen molar-refractivity contribution in [2.24, 2.45) is 5.92 Å². The van der Waals surface area contributed by atoms with Gasteiger partial charge in [0.1, 0.15) is 24.0 Å². The average Bonchev–Trinajstić information content (AvgIpc) is 3.47. The summed E-state index contributed by atoms with van der Waals surface area (Å²) >= 11 is 1.62. The second-order valence-electron chi connectivity index (χ2n) is 8.93. The van der Waals surface area contributed by atoms with Crippen LogP contribution in [0.15, 0.2) is 42.2 Å². The first kappa shape index (κ1) is 21.5. The van der Waals surface area contributed by atoms with Gasteiger partial charge in [-0.2, -0.15) is 0 Å². The van der Waals surface area contributed by atoms with Gasteiger partial charge in [0.25, 0.3) is 0 Å². The number of hydrogen-bond acceptors (Lipinski definition) is 9. The van der Waals surface area contributed by atoms with Crippen molar-refractivity contribution >= 4 is 49.6 Å². The highest BCUT2D eigenvalue weighted by Gasteiger charge is 2.29. The van der Waals surface area contributed by atoms with Crippen LogP contribution in [0, 0.1) is 5.92 Å². The van der Waals surface area contributed by atoms with Gasteiger partial charge >= 0.3 is 0 Å². The fourth-order valence-corrected chi connectivity index (χ4v) is 5.27. The molecule has 0 aliphatic carbocycles. The highest BCUT2D eigenvalue weighted by atomic mass is 32.1. The molecule has 9 heteroatoms. The molecule has 0 spiro atoms. The number of benzene rings is 2. The van der Waals surface area contributed by atoms with Gasteiger partial charge in [-0.05, 0) is 37.6 Å². The molecule has 2 aromatic heterocycles. The van der Waals surface area contributed by atoms with E-state index in [0.29, 0.717) is 5.92 Å². The monoisotopic (exact) mass is 477 g/mol. The molecule has 2 aromatic carbocycles. The van der Waals surface area contributed by atoms with E-state index in [-0.39, 0.29) is 12.2 Å². The lowest BCUT2D eigenvalue weighted by atomic mass is 10.0. The van der Waals surface area contributed by atoms with Crippen molar-refractivity contribution in [1.29, 1.82) is 0 Å². The molecule has 0 radical (unpaired) electrons. The quantitative estimate of drug-likeness (QED) is 0.413. The number of nitrogens with one attached hydrogen (secondary N) is 1. The topological polar surface area (TPSA) is 81.6 Å². The largest absolute Gasteiger partial charge is 0.489 e. The first-order valence-corrected chi connectivity index (χ1v) is 12.5. The fourth-order valence-electron chi connectivity index (χ4n) is 4.56. The van der Waals surface area contributed by atoms with Crippen LogP contribution in [0.4, 0.5) is 17.2 Å². The maximum absolute atomic E-state index is 6.56.